The normalized spacial score (nSPS) is 16.2. The van der Waals surface area contributed by atoms with Gasteiger partial charge in [0, 0.05) is 72.3 Å². The summed E-state index contributed by atoms with van der Waals surface area (Å²) in [5.41, 5.74) is 8.47. The summed E-state index contributed by atoms with van der Waals surface area (Å²) in [5, 5.41) is 9.57. The fraction of sp³-hybridized carbons (Fsp3) is 0.243. The molecular formula is C37H38N4O4. The van der Waals surface area contributed by atoms with E-state index in [1.54, 1.807) is 45.9 Å². The first kappa shape index (κ1) is 31.2. The maximum atomic E-state index is 9.57. The number of aromatic nitrogens is 2. The molecule has 4 heterocycles. The van der Waals surface area contributed by atoms with Crippen LogP contribution in [0.1, 0.15) is 47.9 Å². The maximum Gasteiger partial charge on any atom is 0.129 e. The Morgan fingerprint density at radius 2 is 1.18 bits per heavy atom. The van der Waals surface area contributed by atoms with E-state index >= 15 is 0 Å². The minimum Gasteiger partial charge on any atom is -0.508 e. The van der Waals surface area contributed by atoms with E-state index in [4.69, 9.17) is 19.2 Å². The molecule has 0 aliphatic carbocycles. The van der Waals surface area contributed by atoms with Crippen LogP contribution in [-0.4, -0.2) is 60.9 Å². The lowest BCUT2D eigenvalue weighted by Crippen LogP contribution is -2.12. The van der Waals surface area contributed by atoms with Crippen LogP contribution < -0.4 is 14.2 Å². The first-order valence-corrected chi connectivity index (χ1v) is 15.0. The van der Waals surface area contributed by atoms with Crippen LogP contribution in [0.25, 0.3) is 12.2 Å². The second-order valence-electron chi connectivity index (χ2n) is 10.5. The number of ether oxygens (including phenoxy) is 3. The van der Waals surface area contributed by atoms with Gasteiger partial charge in [0.15, 0.2) is 0 Å². The largest absolute Gasteiger partial charge is 0.508 e. The zero-order valence-electron chi connectivity index (χ0n) is 25.9. The van der Waals surface area contributed by atoms with Crippen LogP contribution in [0.4, 0.5) is 0 Å². The van der Waals surface area contributed by atoms with Crippen LogP contribution in [0.5, 0.6) is 23.0 Å². The minimum absolute atomic E-state index is 0.198. The van der Waals surface area contributed by atoms with Gasteiger partial charge in [0.25, 0.3) is 0 Å². The minimum atomic E-state index is 0.198. The molecule has 0 saturated carbocycles. The number of pyridine rings is 2. The molecule has 8 heteroatoms. The molecular weight excluding hydrogens is 564 g/mol. The number of allylic oxidation sites excluding steroid dienone is 2. The Bertz CT molecular complexity index is 1710. The topological polar surface area (TPSA) is 98.4 Å². The number of phenols is 1. The predicted molar refractivity (Wildman–Crippen MR) is 180 cm³/mol. The molecule has 0 saturated heterocycles. The Balaban J connectivity index is 0.000000178. The number of benzene rings is 2. The van der Waals surface area contributed by atoms with Gasteiger partial charge in [-0.3, -0.25) is 20.0 Å². The standard InChI is InChI=1S/C19H20N2O2.C18H18N2O2/c1-22-17-8-7-14(18(12-17)23-2)11-15-5-4-10-21-19(15)16-6-3-9-20-13-16;1-22-17-11-16(21)7-6-13(17)10-14-4-3-9-20-18(14)15-5-2-8-19-12-15/h3,6-9,11-13H,4-5,10H2,1-2H3;2,5-8,10-12,21H,3-4,9H2,1H3/b15-11+;14-10+. The van der Waals surface area contributed by atoms with E-state index in [-0.39, 0.29) is 5.75 Å². The van der Waals surface area contributed by atoms with Crippen molar-refractivity contribution in [2.75, 3.05) is 34.4 Å². The van der Waals surface area contributed by atoms with Gasteiger partial charge in [-0.05, 0) is 97.5 Å². The highest BCUT2D eigenvalue weighted by atomic mass is 16.5. The van der Waals surface area contributed by atoms with Crippen molar-refractivity contribution in [1.29, 1.82) is 0 Å². The van der Waals surface area contributed by atoms with E-state index in [9.17, 15) is 5.11 Å². The number of methoxy groups -OCH3 is 3. The third kappa shape index (κ3) is 8.03. The SMILES string of the molecule is COc1cc(O)ccc1/C=C1\CCCN=C1c1cccnc1.COc1ccc(/C=C2\CCCN=C2c2cccnc2)c(OC)c1. The van der Waals surface area contributed by atoms with Gasteiger partial charge in [-0.2, -0.15) is 0 Å². The molecule has 0 amide bonds. The Morgan fingerprint density at radius 1 is 0.644 bits per heavy atom. The Morgan fingerprint density at radius 3 is 1.67 bits per heavy atom. The predicted octanol–water partition coefficient (Wildman–Crippen LogP) is 7.23. The number of hydrogen-bond donors (Lipinski definition) is 1. The van der Waals surface area contributed by atoms with E-state index in [0.717, 1.165) is 83.9 Å². The van der Waals surface area contributed by atoms with Crippen molar-refractivity contribution in [3.8, 4) is 23.0 Å². The lowest BCUT2D eigenvalue weighted by Gasteiger charge is -2.17. The maximum absolute atomic E-state index is 9.57. The van der Waals surface area contributed by atoms with Gasteiger partial charge in [-0.1, -0.05) is 0 Å². The number of phenolic OH excluding ortho intramolecular Hbond substituents is 1. The highest BCUT2D eigenvalue weighted by Crippen LogP contribution is 2.30. The summed E-state index contributed by atoms with van der Waals surface area (Å²) in [4.78, 5) is 17.8. The molecule has 6 rings (SSSR count). The second-order valence-corrected chi connectivity index (χ2v) is 10.5. The third-order valence-electron chi connectivity index (χ3n) is 7.54. The van der Waals surface area contributed by atoms with Crippen LogP contribution in [0.15, 0.2) is 107 Å². The number of hydrogen-bond acceptors (Lipinski definition) is 8. The van der Waals surface area contributed by atoms with Gasteiger partial charge in [0.1, 0.15) is 23.0 Å². The zero-order valence-corrected chi connectivity index (χ0v) is 25.9. The fourth-order valence-corrected chi connectivity index (χ4v) is 5.33. The summed E-state index contributed by atoms with van der Waals surface area (Å²) in [6.07, 6.45) is 15.6. The monoisotopic (exact) mass is 602 g/mol. The number of nitrogens with zero attached hydrogens (tertiary/aromatic N) is 4. The Hall–Kier alpha value is -5.24. The summed E-state index contributed by atoms with van der Waals surface area (Å²) < 4.78 is 16.1. The van der Waals surface area contributed by atoms with Crippen molar-refractivity contribution < 1.29 is 19.3 Å². The van der Waals surface area contributed by atoms with Crippen molar-refractivity contribution in [3.63, 3.8) is 0 Å². The van der Waals surface area contributed by atoms with Crippen LogP contribution in [0, 0.1) is 0 Å². The van der Waals surface area contributed by atoms with Crippen LogP contribution >= 0.6 is 0 Å². The van der Waals surface area contributed by atoms with Gasteiger partial charge in [-0.25, -0.2) is 0 Å². The average molecular weight is 603 g/mol. The Labute approximate surface area is 264 Å². The smallest absolute Gasteiger partial charge is 0.129 e. The average Bonchev–Trinajstić information content (AvgIpc) is 3.10. The lowest BCUT2D eigenvalue weighted by atomic mass is 9.94. The summed E-state index contributed by atoms with van der Waals surface area (Å²) >= 11 is 0. The number of aliphatic imine (C=N–C) groups is 2. The molecule has 0 bridgehead atoms. The third-order valence-corrected chi connectivity index (χ3v) is 7.54. The molecule has 0 atom stereocenters. The van der Waals surface area contributed by atoms with Gasteiger partial charge in [0.05, 0.1) is 32.8 Å². The molecule has 0 radical (unpaired) electrons. The zero-order chi connectivity index (χ0) is 31.4. The first-order valence-electron chi connectivity index (χ1n) is 15.0. The van der Waals surface area contributed by atoms with Gasteiger partial charge in [-0.15, -0.1) is 0 Å². The van der Waals surface area contributed by atoms with Crippen molar-refractivity contribution >= 4 is 23.6 Å². The molecule has 2 aliphatic heterocycles. The summed E-state index contributed by atoms with van der Waals surface area (Å²) in [6.45, 7) is 1.70. The summed E-state index contributed by atoms with van der Waals surface area (Å²) in [7, 11) is 4.93. The lowest BCUT2D eigenvalue weighted by molar-refractivity contribution is 0.393. The van der Waals surface area contributed by atoms with Gasteiger partial charge in [0.2, 0.25) is 0 Å². The van der Waals surface area contributed by atoms with Crippen molar-refractivity contribution in [3.05, 3.63) is 119 Å². The second kappa shape index (κ2) is 15.5. The van der Waals surface area contributed by atoms with Gasteiger partial charge < -0.3 is 19.3 Å². The van der Waals surface area contributed by atoms with Crippen LogP contribution in [0.3, 0.4) is 0 Å². The molecule has 2 aromatic heterocycles. The van der Waals surface area contributed by atoms with Crippen molar-refractivity contribution in [2.24, 2.45) is 9.98 Å². The highest BCUT2D eigenvalue weighted by molar-refractivity contribution is 6.16. The van der Waals surface area contributed by atoms with Gasteiger partial charge >= 0.3 is 0 Å². The molecule has 2 aliphatic rings. The number of rotatable bonds is 7. The molecule has 8 nitrogen and oxygen atoms in total. The highest BCUT2D eigenvalue weighted by Gasteiger charge is 2.16. The molecule has 4 aromatic rings. The molecule has 1 N–H and O–H groups in total. The summed E-state index contributed by atoms with van der Waals surface area (Å²) in [5.74, 6) is 2.44. The molecule has 0 unspecified atom stereocenters. The van der Waals surface area contributed by atoms with E-state index in [1.165, 1.54) is 11.1 Å². The van der Waals surface area contributed by atoms with E-state index in [0.29, 0.717) is 5.75 Å². The molecule has 45 heavy (non-hydrogen) atoms. The fourth-order valence-electron chi connectivity index (χ4n) is 5.33. The Kier molecular flexibility index (Phi) is 10.7. The first-order chi connectivity index (χ1) is 22.1. The molecule has 2 aromatic carbocycles. The summed E-state index contributed by atoms with van der Waals surface area (Å²) in [6, 6.07) is 18.9. The van der Waals surface area contributed by atoms with Crippen LogP contribution in [-0.2, 0) is 0 Å². The van der Waals surface area contributed by atoms with Crippen molar-refractivity contribution in [1.82, 2.24) is 9.97 Å². The van der Waals surface area contributed by atoms with E-state index < -0.39 is 0 Å². The van der Waals surface area contributed by atoms with E-state index in [2.05, 4.69) is 33.2 Å². The van der Waals surface area contributed by atoms with E-state index in [1.807, 2.05) is 54.9 Å². The molecule has 0 spiro atoms. The van der Waals surface area contributed by atoms with Crippen LogP contribution in [0.2, 0.25) is 0 Å². The quantitative estimate of drug-likeness (QED) is 0.240. The molecule has 0 fully saturated rings. The number of aromatic hydroxyl groups is 1. The van der Waals surface area contributed by atoms with Crippen molar-refractivity contribution in [2.45, 2.75) is 25.7 Å². The molecule has 230 valence electrons.